The predicted molar refractivity (Wildman–Crippen MR) is 74.8 cm³/mol. The monoisotopic (exact) mass is 298 g/mol. The first-order valence-corrected chi connectivity index (χ1v) is 6.00. The van der Waals surface area contributed by atoms with Gasteiger partial charge in [-0.05, 0) is 29.8 Å². The molecule has 0 atom stereocenters. The Hall–Kier alpha value is -1.78. The molecule has 4 N–H and O–H groups in total. The van der Waals surface area contributed by atoms with Gasteiger partial charge < -0.3 is 11.5 Å². The zero-order valence-corrected chi connectivity index (χ0v) is 11.1. The lowest BCUT2D eigenvalue weighted by Crippen LogP contribution is -2.13. The van der Waals surface area contributed by atoms with Crippen molar-refractivity contribution in [1.82, 2.24) is 0 Å². The van der Waals surface area contributed by atoms with Crippen molar-refractivity contribution in [2.75, 3.05) is 5.73 Å². The number of benzene rings is 2. The second-order valence-corrected chi connectivity index (χ2v) is 4.65. The molecular weight excluding hydrogens is 290 g/mol. The Morgan fingerprint density at radius 3 is 2.32 bits per heavy atom. The maximum atomic E-state index is 13.3. The van der Waals surface area contributed by atoms with Gasteiger partial charge in [-0.3, -0.25) is 4.79 Å². The molecule has 2 aromatic carbocycles. The van der Waals surface area contributed by atoms with E-state index in [-0.39, 0.29) is 15.6 Å². The molecule has 0 aromatic heterocycles. The molecule has 98 valence electrons. The quantitative estimate of drug-likeness (QED) is 0.658. The molecule has 0 spiro atoms. The van der Waals surface area contributed by atoms with Crippen molar-refractivity contribution in [2.45, 2.75) is 0 Å². The van der Waals surface area contributed by atoms with Crippen LogP contribution in [0, 0.1) is 5.82 Å². The molecule has 0 heterocycles. The number of amides is 1. The molecule has 0 unspecified atom stereocenters. The summed E-state index contributed by atoms with van der Waals surface area (Å²) in [4.78, 5) is 11.4. The molecule has 2 aromatic rings. The highest BCUT2D eigenvalue weighted by Gasteiger charge is 2.16. The van der Waals surface area contributed by atoms with E-state index in [1.54, 1.807) is 12.1 Å². The van der Waals surface area contributed by atoms with Gasteiger partial charge in [0.05, 0.1) is 10.0 Å². The first-order chi connectivity index (χ1) is 8.91. The van der Waals surface area contributed by atoms with Crippen LogP contribution >= 0.6 is 23.2 Å². The molecule has 6 heteroatoms. The highest BCUT2D eigenvalue weighted by atomic mass is 35.5. The molecule has 0 radical (unpaired) electrons. The number of carbonyl (C=O) groups excluding carboxylic acids is 1. The second kappa shape index (κ2) is 5.07. The van der Waals surface area contributed by atoms with Crippen molar-refractivity contribution in [3.05, 3.63) is 51.8 Å². The van der Waals surface area contributed by atoms with E-state index in [1.165, 1.54) is 18.2 Å². The van der Waals surface area contributed by atoms with Crippen molar-refractivity contribution in [2.24, 2.45) is 5.73 Å². The van der Waals surface area contributed by atoms with E-state index < -0.39 is 11.7 Å². The normalized spacial score (nSPS) is 10.5. The lowest BCUT2D eigenvalue weighted by Gasteiger charge is -2.11. The summed E-state index contributed by atoms with van der Waals surface area (Å²) in [5.74, 6) is -1.29. The largest absolute Gasteiger partial charge is 0.399 e. The van der Waals surface area contributed by atoms with Gasteiger partial charge in [0.2, 0.25) is 5.91 Å². The summed E-state index contributed by atoms with van der Waals surface area (Å²) in [6, 6.07) is 7.22. The predicted octanol–water partition coefficient (Wildman–Crippen LogP) is 3.48. The molecule has 2 rings (SSSR count). The number of hydrogen-bond donors (Lipinski definition) is 2. The molecule has 0 fully saturated rings. The fourth-order valence-corrected chi connectivity index (χ4v) is 2.15. The van der Waals surface area contributed by atoms with E-state index in [0.29, 0.717) is 16.8 Å². The summed E-state index contributed by atoms with van der Waals surface area (Å²) in [5.41, 5.74) is 12.4. The molecule has 0 saturated heterocycles. The average molecular weight is 299 g/mol. The summed E-state index contributed by atoms with van der Waals surface area (Å²) >= 11 is 11.7. The zero-order chi connectivity index (χ0) is 14.2. The van der Waals surface area contributed by atoms with Crippen LogP contribution in [-0.4, -0.2) is 5.91 Å². The van der Waals surface area contributed by atoms with Gasteiger partial charge in [-0.1, -0.05) is 29.3 Å². The van der Waals surface area contributed by atoms with Crippen LogP contribution in [0.5, 0.6) is 0 Å². The highest BCUT2D eigenvalue weighted by Crippen LogP contribution is 2.37. The van der Waals surface area contributed by atoms with Gasteiger partial charge in [0.25, 0.3) is 0 Å². The van der Waals surface area contributed by atoms with Gasteiger partial charge in [0, 0.05) is 16.8 Å². The molecule has 3 nitrogen and oxygen atoms in total. The lowest BCUT2D eigenvalue weighted by atomic mass is 9.98. The van der Waals surface area contributed by atoms with Crippen LogP contribution in [0.2, 0.25) is 10.0 Å². The Balaban J connectivity index is 2.72. The summed E-state index contributed by atoms with van der Waals surface area (Å²) in [6.07, 6.45) is 0. The number of rotatable bonds is 2. The van der Waals surface area contributed by atoms with Crippen molar-refractivity contribution in [1.29, 1.82) is 0 Å². The maximum absolute atomic E-state index is 13.3. The third kappa shape index (κ3) is 2.50. The number of carbonyl (C=O) groups is 1. The minimum atomic E-state index is -0.654. The smallest absolute Gasteiger partial charge is 0.249 e. The molecule has 0 aliphatic heterocycles. The fourth-order valence-electron chi connectivity index (χ4n) is 1.73. The Bertz CT molecular complexity index is 674. The van der Waals surface area contributed by atoms with Gasteiger partial charge in [0.1, 0.15) is 5.82 Å². The molecule has 19 heavy (non-hydrogen) atoms. The minimum Gasteiger partial charge on any atom is -0.399 e. The molecule has 1 amide bonds. The van der Waals surface area contributed by atoms with Crippen LogP contribution in [0.3, 0.4) is 0 Å². The van der Waals surface area contributed by atoms with Crippen molar-refractivity contribution in [3.8, 4) is 11.1 Å². The average Bonchev–Trinajstić information content (AvgIpc) is 2.37. The topological polar surface area (TPSA) is 69.1 Å². The molecular formula is C13H9Cl2FN2O. The van der Waals surface area contributed by atoms with E-state index in [9.17, 15) is 9.18 Å². The minimum absolute atomic E-state index is 0.0222. The highest BCUT2D eigenvalue weighted by molar-refractivity contribution is 6.44. The number of anilines is 1. The Kier molecular flexibility index (Phi) is 3.64. The number of nitrogen functional groups attached to an aromatic ring is 1. The van der Waals surface area contributed by atoms with Gasteiger partial charge in [0.15, 0.2) is 0 Å². The molecule has 0 aliphatic carbocycles. The van der Waals surface area contributed by atoms with Gasteiger partial charge >= 0.3 is 0 Å². The summed E-state index contributed by atoms with van der Waals surface area (Å²) in [7, 11) is 0. The van der Waals surface area contributed by atoms with Crippen LogP contribution in [0.15, 0.2) is 30.3 Å². The Morgan fingerprint density at radius 2 is 1.68 bits per heavy atom. The SMILES string of the molecule is NC(=O)c1cc(N)ccc1-c1ccc(F)c(Cl)c1Cl. The van der Waals surface area contributed by atoms with Crippen LogP contribution in [0.4, 0.5) is 10.1 Å². The van der Waals surface area contributed by atoms with Crippen molar-refractivity contribution < 1.29 is 9.18 Å². The number of primary amides is 1. The third-order valence-corrected chi connectivity index (χ3v) is 3.49. The van der Waals surface area contributed by atoms with Crippen LogP contribution < -0.4 is 11.5 Å². The standard InChI is InChI=1S/C13H9Cl2FN2O/c14-11-8(3-4-10(16)12(11)15)7-2-1-6(17)5-9(7)13(18)19/h1-5H,17H2,(H2,18,19). The van der Waals surface area contributed by atoms with Crippen molar-refractivity contribution in [3.63, 3.8) is 0 Å². The van der Waals surface area contributed by atoms with Crippen molar-refractivity contribution >= 4 is 34.8 Å². The van der Waals surface area contributed by atoms with E-state index in [4.69, 9.17) is 34.7 Å². The molecule has 0 saturated carbocycles. The first kappa shape index (κ1) is 13.6. The van der Waals surface area contributed by atoms with E-state index in [0.717, 1.165) is 0 Å². The number of nitrogens with two attached hydrogens (primary N) is 2. The summed E-state index contributed by atoms with van der Waals surface area (Å²) in [6.45, 7) is 0. The lowest BCUT2D eigenvalue weighted by molar-refractivity contribution is 0.100. The third-order valence-electron chi connectivity index (χ3n) is 2.63. The molecule has 0 aliphatic rings. The Labute approximate surface area is 118 Å². The zero-order valence-electron chi connectivity index (χ0n) is 9.58. The van der Waals surface area contributed by atoms with Gasteiger partial charge in [-0.15, -0.1) is 0 Å². The number of halogens is 3. The maximum Gasteiger partial charge on any atom is 0.249 e. The van der Waals surface area contributed by atoms with Gasteiger partial charge in [-0.25, -0.2) is 4.39 Å². The van der Waals surface area contributed by atoms with Gasteiger partial charge in [-0.2, -0.15) is 0 Å². The molecule has 0 bridgehead atoms. The first-order valence-electron chi connectivity index (χ1n) is 5.25. The fraction of sp³-hybridized carbons (Fsp3) is 0. The Morgan fingerprint density at radius 1 is 1.05 bits per heavy atom. The van der Waals surface area contributed by atoms with Crippen LogP contribution in [0.25, 0.3) is 11.1 Å². The second-order valence-electron chi connectivity index (χ2n) is 3.89. The summed E-state index contributed by atoms with van der Waals surface area (Å²) in [5, 5.41) is -0.180. The summed E-state index contributed by atoms with van der Waals surface area (Å²) < 4.78 is 13.3. The van der Waals surface area contributed by atoms with E-state index in [2.05, 4.69) is 0 Å². The van der Waals surface area contributed by atoms with E-state index in [1.807, 2.05) is 0 Å². The number of hydrogen-bond acceptors (Lipinski definition) is 2. The van der Waals surface area contributed by atoms with Crippen LogP contribution in [0.1, 0.15) is 10.4 Å². The van der Waals surface area contributed by atoms with E-state index >= 15 is 0 Å². The van der Waals surface area contributed by atoms with Crippen LogP contribution in [-0.2, 0) is 0 Å².